The fourth-order valence-electron chi connectivity index (χ4n) is 6.00. The van der Waals surface area contributed by atoms with Crippen LogP contribution in [0.15, 0.2) is 49.1 Å². The first-order chi connectivity index (χ1) is 23.1. The van der Waals surface area contributed by atoms with E-state index in [4.69, 9.17) is 16.3 Å². The zero-order valence-corrected chi connectivity index (χ0v) is 26.6. The lowest BCUT2D eigenvalue weighted by atomic mass is 9.97. The molecule has 2 fully saturated rings. The van der Waals surface area contributed by atoms with Crippen molar-refractivity contribution in [2.24, 2.45) is 5.92 Å². The van der Waals surface area contributed by atoms with E-state index >= 15 is 0 Å². The molecule has 0 unspecified atom stereocenters. The monoisotopic (exact) mass is 685 g/mol. The third-order valence-electron chi connectivity index (χ3n) is 8.64. The molecule has 2 aliphatic heterocycles. The van der Waals surface area contributed by atoms with E-state index in [0.29, 0.717) is 44.7 Å². The van der Waals surface area contributed by atoms with E-state index in [1.165, 1.54) is 46.0 Å². The number of halogens is 3. The lowest BCUT2D eigenvalue weighted by molar-refractivity contribution is -0.143. The molecule has 14 nitrogen and oxygen atoms in total. The van der Waals surface area contributed by atoms with Gasteiger partial charge in [0.25, 0.3) is 5.91 Å². The number of carbonyl (C=O) groups is 3. The SMILES string of the molecule is O=C(Nc1cn(CC(=O)N2CCN(CCN3CCC(C(=O)O)CC3)CC2)nc1-c1cc(Cl)ccc1OC(F)F)c1cnn2cccnc12. The number of hydrogen-bond acceptors (Lipinski definition) is 9. The third kappa shape index (κ3) is 7.72. The molecule has 254 valence electrons. The van der Waals surface area contributed by atoms with E-state index < -0.39 is 18.5 Å². The fraction of sp³-hybridized carbons (Fsp3) is 0.419. The second-order valence-electron chi connectivity index (χ2n) is 11.7. The minimum atomic E-state index is -3.13. The van der Waals surface area contributed by atoms with Gasteiger partial charge in [-0.3, -0.25) is 24.0 Å². The van der Waals surface area contributed by atoms with Crippen molar-refractivity contribution in [3.8, 4) is 17.0 Å². The molecule has 6 rings (SSSR count). The number of rotatable bonds is 11. The first-order valence-electron chi connectivity index (χ1n) is 15.5. The molecule has 1 aromatic carbocycles. The van der Waals surface area contributed by atoms with E-state index in [9.17, 15) is 28.3 Å². The van der Waals surface area contributed by atoms with Crippen molar-refractivity contribution in [2.45, 2.75) is 26.0 Å². The first-order valence-corrected chi connectivity index (χ1v) is 15.9. The Kier molecular flexibility index (Phi) is 10.1. The Morgan fingerprint density at radius 3 is 2.50 bits per heavy atom. The minimum Gasteiger partial charge on any atom is -0.481 e. The number of piperazine rings is 1. The van der Waals surface area contributed by atoms with Crippen LogP contribution in [0.4, 0.5) is 14.5 Å². The Balaban J connectivity index is 1.14. The van der Waals surface area contributed by atoms with Gasteiger partial charge in [-0.25, -0.2) is 9.50 Å². The fourth-order valence-corrected chi connectivity index (χ4v) is 6.17. The van der Waals surface area contributed by atoms with Crippen molar-refractivity contribution < 1.29 is 33.0 Å². The summed E-state index contributed by atoms with van der Waals surface area (Å²) in [4.78, 5) is 48.5. The Bertz CT molecular complexity index is 1780. The van der Waals surface area contributed by atoms with Gasteiger partial charge in [-0.2, -0.15) is 19.0 Å². The van der Waals surface area contributed by atoms with Gasteiger partial charge in [-0.05, 0) is 50.2 Å². The normalized spacial score (nSPS) is 16.5. The molecule has 2 amide bonds. The number of benzene rings is 1. The maximum absolute atomic E-state index is 13.4. The lowest BCUT2D eigenvalue weighted by Crippen LogP contribution is -2.51. The van der Waals surface area contributed by atoms with E-state index in [1.807, 2.05) is 0 Å². The number of ether oxygens (including phenoxy) is 1. The maximum Gasteiger partial charge on any atom is 0.387 e. The number of likely N-dealkylation sites (tertiary alicyclic amines) is 1. The van der Waals surface area contributed by atoms with Crippen LogP contribution in [0.1, 0.15) is 23.2 Å². The van der Waals surface area contributed by atoms with Crippen LogP contribution in [-0.4, -0.2) is 121 Å². The number of hydrogen-bond donors (Lipinski definition) is 2. The molecular formula is C31H34ClF2N9O5. The number of aliphatic carboxylic acids is 1. The van der Waals surface area contributed by atoms with Crippen molar-refractivity contribution >= 4 is 40.7 Å². The van der Waals surface area contributed by atoms with Crippen LogP contribution in [0.5, 0.6) is 5.75 Å². The first kappa shape index (κ1) is 33.2. The molecule has 0 atom stereocenters. The molecular weight excluding hydrogens is 652 g/mol. The van der Waals surface area contributed by atoms with Gasteiger partial charge < -0.3 is 25.0 Å². The van der Waals surface area contributed by atoms with Crippen molar-refractivity contribution in [1.29, 1.82) is 0 Å². The quantitative estimate of drug-likeness (QED) is 0.241. The van der Waals surface area contributed by atoms with Gasteiger partial charge in [0.05, 0.1) is 17.8 Å². The summed E-state index contributed by atoms with van der Waals surface area (Å²) in [6.07, 6.45) is 7.30. The summed E-state index contributed by atoms with van der Waals surface area (Å²) in [6, 6.07) is 5.74. The average molecular weight is 686 g/mol. The van der Waals surface area contributed by atoms with E-state index in [1.54, 1.807) is 17.2 Å². The summed E-state index contributed by atoms with van der Waals surface area (Å²) in [7, 11) is 0. The van der Waals surface area contributed by atoms with Crippen LogP contribution in [0.2, 0.25) is 5.02 Å². The summed E-state index contributed by atoms with van der Waals surface area (Å²) in [5.41, 5.74) is 0.800. The Labute approximate surface area is 278 Å². The van der Waals surface area contributed by atoms with Crippen LogP contribution in [0, 0.1) is 5.92 Å². The highest BCUT2D eigenvalue weighted by Gasteiger charge is 2.27. The third-order valence-corrected chi connectivity index (χ3v) is 8.87. The topological polar surface area (TPSA) is 150 Å². The summed E-state index contributed by atoms with van der Waals surface area (Å²) >= 11 is 6.22. The van der Waals surface area contributed by atoms with Gasteiger partial charge in [-0.1, -0.05) is 11.6 Å². The largest absolute Gasteiger partial charge is 0.481 e. The molecule has 2 N–H and O–H groups in total. The Morgan fingerprint density at radius 2 is 1.79 bits per heavy atom. The summed E-state index contributed by atoms with van der Waals surface area (Å²) in [5.74, 6) is -1.96. The number of amides is 2. The smallest absolute Gasteiger partial charge is 0.387 e. The standard InChI is InChI=1S/C31H34ClF2N9O5/c32-21-2-3-25(48-31(33)34)22(16-21)27-24(37-29(45)23-17-36-43-7-1-6-35-28(23)43)18-42(38-27)19-26(44)41-14-12-40(13-15-41)11-10-39-8-4-20(5-9-39)30(46)47/h1-3,6-7,16-18,20,31H,4-5,8-15,19H2,(H,37,45)(H,46,47). The number of nitrogens with zero attached hydrogens (tertiary/aromatic N) is 8. The second kappa shape index (κ2) is 14.6. The van der Waals surface area contributed by atoms with Gasteiger partial charge in [0.15, 0.2) is 5.65 Å². The number of aromatic nitrogens is 5. The highest BCUT2D eigenvalue weighted by Crippen LogP contribution is 2.37. The van der Waals surface area contributed by atoms with Gasteiger partial charge in [-0.15, -0.1) is 0 Å². The van der Waals surface area contributed by atoms with Crippen molar-refractivity contribution in [2.75, 3.05) is 57.7 Å². The molecule has 0 aliphatic carbocycles. The van der Waals surface area contributed by atoms with Crippen LogP contribution in [0.25, 0.3) is 16.9 Å². The number of carboxylic acids is 1. The van der Waals surface area contributed by atoms with Crippen LogP contribution >= 0.6 is 11.6 Å². The highest BCUT2D eigenvalue weighted by molar-refractivity contribution is 6.31. The van der Waals surface area contributed by atoms with Gasteiger partial charge >= 0.3 is 12.6 Å². The molecule has 0 spiro atoms. The van der Waals surface area contributed by atoms with Crippen molar-refractivity contribution in [3.63, 3.8) is 0 Å². The number of fused-ring (bicyclic) bond motifs is 1. The van der Waals surface area contributed by atoms with E-state index in [-0.39, 0.29) is 51.7 Å². The molecule has 48 heavy (non-hydrogen) atoms. The molecule has 2 saturated heterocycles. The minimum absolute atomic E-state index is 0.0796. The number of carbonyl (C=O) groups excluding carboxylic acids is 2. The number of alkyl halides is 2. The Morgan fingerprint density at radius 1 is 1.06 bits per heavy atom. The van der Waals surface area contributed by atoms with Crippen LogP contribution in [0.3, 0.4) is 0 Å². The number of carboxylic acid groups (broad SMARTS) is 1. The predicted molar refractivity (Wildman–Crippen MR) is 170 cm³/mol. The summed E-state index contributed by atoms with van der Waals surface area (Å²) < 4.78 is 34.1. The molecule has 3 aromatic heterocycles. The van der Waals surface area contributed by atoms with E-state index in [2.05, 4.69) is 30.3 Å². The Hall–Kier alpha value is -4.67. The molecule has 17 heteroatoms. The molecule has 0 saturated carbocycles. The molecule has 5 heterocycles. The van der Waals surface area contributed by atoms with Crippen LogP contribution < -0.4 is 10.1 Å². The second-order valence-corrected chi connectivity index (χ2v) is 12.1. The van der Waals surface area contributed by atoms with E-state index in [0.717, 1.165) is 26.2 Å². The van der Waals surface area contributed by atoms with Crippen LogP contribution in [-0.2, 0) is 16.1 Å². The maximum atomic E-state index is 13.4. The zero-order chi connectivity index (χ0) is 33.8. The predicted octanol–water partition coefficient (Wildman–Crippen LogP) is 3.04. The number of piperidine rings is 1. The molecule has 4 aromatic rings. The zero-order valence-electron chi connectivity index (χ0n) is 25.8. The molecule has 2 aliphatic rings. The molecule has 0 radical (unpaired) electrons. The summed E-state index contributed by atoms with van der Waals surface area (Å²) in [5, 5.41) is 20.9. The average Bonchev–Trinajstić information content (AvgIpc) is 3.69. The van der Waals surface area contributed by atoms with Gasteiger partial charge in [0.2, 0.25) is 5.91 Å². The van der Waals surface area contributed by atoms with Gasteiger partial charge in [0, 0.05) is 68.4 Å². The lowest BCUT2D eigenvalue weighted by Gasteiger charge is -2.37. The van der Waals surface area contributed by atoms with Crippen molar-refractivity contribution in [1.82, 2.24) is 39.1 Å². The van der Waals surface area contributed by atoms with Gasteiger partial charge in [0.1, 0.15) is 23.6 Å². The number of nitrogens with one attached hydrogen (secondary N) is 1. The highest BCUT2D eigenvalue weighted by atomic mass is 35.5. The molecule has 0 bridgehead atoms. The number of anilines is 1. The van der Waals surface area contributed by atoms with Crippen molar-refractivity contribution in [3.05, 3.63) is 59.6 Å². The summed E-state index contributed by atoms with van der Waals surface area (Å²) in [6.45, 7) is 2.33.